The minimum atomic E-state index is -0.634. The van der Waals surface area contributed by atoms with Gasteiger partial charge in [-0.15, -0.1) is 0 Å². The van der Waals surface area contributed by atoms with Crippen molar-refractivity contribution in [2.45, 2.75) is 32.4 Å². The Morgan fingerprint density at radius 3 is 2.66 bits per heavy atom. The van der Waals surface area contributed by atoms with Gasteiger partial charge in [-0.3, -0.25) is 9.78 Å². The van der Waals surface area contributed by atoms with Crippen molar-refractivity contribution in [2.75, 3.05) is 6.54 Å². The summed E-state index contributed by atoms with van der Waals surface area (Å²) in [5, 5.41) is 7.34. The van der Waals surface area contributed by atoms with Crippen LogP contribution in [0.4, 0.5) is 4.79 Å². The van der Waals surface area contributed by atoms with Gasteiger partial charge >= 0.3 is 6.09 Å². The molecule has 0 aliphatic heterocycles. The molecule has 2 aromatic rings. The number of hydrogen-bond donors (Lipinski definition) is 2. The lowest BCUT2D eigenvalue weighted by atomic mass is 10.0. The quantitative estimate of drug-likeness (QED) is 0.693. The van der Waals surface area contributed by atoms with Crippen LogP contribution in [0.3, 0.4) is 0 Å². The maximum atomic E-state index is 12.8. The third-order valence-corrected chi connectivity index (χ3v) is 4.03. The molecule has 0 aliphatic rings. The second-order valence-electron chi connectivity index (χ2n) is 7.42. The highest BCUT2D eigenvalue weighted by atomic mass is 16.6. The van der Waals surface area contributed by atoms with Gasteiger partial charge in [-0.25, -0.2) is 4.79 Å². The molecule has 2 amide bonds. The molecule has 1 aromatic carbocycles. The summed E-state index contributed by atoms with van der Waals surface area (Å²) >= 11 is 0. The van der Waals surface area contributed by atoms with E-state index in [-0.39, 0.29) is 12.5 Å². The normalized spacial score (nSPS) is 12.7. The van der Waals surface area contributed by atoms with Crippen LogP contribution in [0, 0.1) is 0 Å². The fourth-order valence-electron chi connectivity index (χ4n) is 2.78. The van der Waals surface area contributed by atoms with Crippen molar-refractivity contribution in [1.82, 2.24) is 15.6 Å². The SMILES string of the molecule is C=C/C=C(\C=C)C(CNC(=O)c1cccc2cnccc12)NC(=O)OC(C)(C)C. The van der Waals surface area contributed by atoms with Crippen LogP contribution in [-0.2, 0) is 4.74 Å². The molecule has 0 bridgehead atoms. The van der Waals surface area contributed by atoms with Gasteiger partial charge in [0.25, 0.3) is 5.91 Å². The predicted molar refractivity (Wildman–Crippen MR) is 116 cm³/mol. The summed E-state index contributed by atoms with van der Waals surface area (Å²) < 4.78 is 5.33. The second-order valence-corrected chi connectivity index (χ2v) is 7.42. The molecule has 1 heterocycles. The molecule has 0 aliphatic carbocycles. The number of alkyl carbamates (subject to hydrolysis) is 1. The van der Waals surface area contributed by atoms with Crippen LogP contribution in [0.2, 0.25) is 0 Å². The van der Waals surface area contributed by atoms with Gasteiger partial charge in [0.05, 0.1) is 6.04 Å². The van der Waals surface area contributed by atoms with E-state index < -0.39 is 17.7 Å². The van der Waals surface area contributed by atoms with E-state index in [0.29, 0.717) is 11.1 Å². The number of benzene rings is 1. The lowest BCUT2D eigenvalue weighted by Gasteiger charge is -2.24. The first-order valence-corrected chi connectivity index (χ1v) is 9.30. The van der Waals surface area contributed by atoms with Gasteiger partial charge in [0.15, 0.2) is 0 Å². The molecule has 152 valence electrons. The zero-order chi connectivity index (χ0) is 21.4. The third kappa shape index (κ3) is 6.31. The maximum absolute atomic E-state index is 12.8. The van der Waals surface area contributed by atoms with E-state index in [0.717, 1.165) is 10.8 Å². The van der Waals surface area contributed by atoms with E-state index >= 15 is 0 Å². The second kappa shape index (κ2) is 9.68. The highest BCUT2D eigenvalue weighted by Gasteiger charge is 2.22. The number of aromatic nitrogens is 1. The number of ether oxygens (including phenoxy) is 1. The number of rotatable bonds is 7. The van der Waals surface area contributed by atoms with Gasteiger partial charge in [0, 0.05) is 29.9 Å². The molecule has 6 nitrogen and oxygen atoms in total. The third-order valence-electron chi connectivity index (χ3n) is 4.03. The van der Waals surface area contributed by atoms with Crippen molar-refractivity contribution >= 4 is 22.8 Å². The van der Waals surface area contributed by atoms with Crippen molar-refractivity contribution in [3.8, 4) is 0 Å². The highest BCUT2D eigenvalue weighted by Crippen LogP contribution is 2.17. The molecule has 0 saturated heterocycles. The molecular weight excluding hydrogens is 366 g/mol. The lowest BCUT2D eigenvalue weighted by Crippen LogP contribution is -2.46. The van der Waals surface area contributed by atoms with Gasteiger partial charge < -0.3 is 15.4 Å². The topological polar surface area (TPSA) is 80.3 Å². The van der Waals surface area contributed by atoms with Gasteiger partial charge in [-0.1, -0.05) is 43.5 Å². The highest BCUT2D eigenvalue weighted by molar-refractivity contribution is 6.06. The molecule has 1 atom stereocenters. The Hall–Kier alpha value is -3.41. The summed E-state index contributed by atoms with van der Waals surface area (Å²) in [5.41, 5.74) is 0.604. The molecule has 2 rings (SSSR count). The molecular formula is C23H27N3O3. The van der Waals surface area contributed by atoms with Crippen molar-refractivity contribution < 1.29 is 14.3 Å². The minimum Gasteiger partial charge on any atom is -0.444 e. The number of carbonyl (C=O) groups is 2. The van der Waals surface area contributed by atoms with E-state index in [2.05, 4.69) is 28.8 Å². The minimum absolute atomic E-state index is 0.158. The van der Waals surface area contributed by atoms with Crippen molar-refractivity contribution in [3.05, 3.63) is 79.2 Å². The van der Waals surface area contributed by atoms with Crippen molar-refractivity contribution in [2.24, 2.45) is 0 Å². The summed E-state index contributed by atoms with van der Waals surface area (Å²) in [6.45, 7) is 13.0. The van der Waals surface area contributed by atoms with Crippen molar-refractivity contribution in [1.29, 1.82) is 0 Å². The fraction of sp³-hybridized carbons (Fsp3) is 0.261. The number of carbonyl (C=O) groups excluding carboxylic acids is 2. The van der Waals surface area contributed by atoms with Crippen LogP contribution in [0.5, 0.6) is 0 Å². The number of nitrogens with one attached hydrogen (secondary N) is 2. The Kier molecular flexibility index (Phi) is 7.31. The van der Waals surface area contributed by atoms with Gasteiger partial charge in [0.1, 0.15) is 5.60 Å². The maximum Gasteiger partial charge on any atom is 0.408 e. The standard InChI is InChI=1S/C23H27N3O3/c1-6-9-16(7-2)20(26-22(28)29-23(3,4)5)15-25-21(27)19-11-8-10-17-14-24-13-12-18(17)19/h6-14,20H,1-2,15H2,3-5H3,(H,25,27)(H,26,28)/b16-9+. The summed E-state index contributed by atoms with van der Waals surface area (Å²) in [4.78, 5) is 29.1. The first-order chi connectivity index (χ1) is 13.7. The van der Waals surface area contributed by atoms with Gasteiger partial charge in [-0.2, -0.15) is 0 Å². The van der Waals surface area contributed by atoms with Crippen LogP contribution in [0.1, 0.15) is 31.1 Å². The Morgan fingerprint density at radius 2 is 2.00 bits per heavy atom. The van der Waals surface area contributed by atoms with E-state index in [4.69, 9.17) is 4.74 Å². The molecule has 2 N–H and O–H groups in total. The zero-order valence-corrected chi connectivity index (χ0v) is 17.1. The molecule has 1 aromatic heterocycles. The number of fused-ring (bicyclic) bond motifs is 1. The number of nitrogens with zero attached hydrogens (tertiary/aromatic N) is 1. The summed E-state index contributed by atoms with van der Waals surface area (Å²) in [7, 11) is 0. The van der Waals surface area contributed by atoms with Crippen LogP contribution in [0.15, 0.2) is 73.6 Å². The molecule has 0 saturated carbocycles. The average molecular weight is 393 g/mol. The molecule has 0 spiro atoms. The van der Waals surface area contributed by atoms with E-state index in [1.807, 2.05) is 12.1 Å². The first kappa shape index (κ1) is 21.9. The average Bonchev–Trinajstić information content (AvgIpc) is 2.67. The molecule has 29 heavy (non-hydrogen) atoms. The Morgan fingerprint density at radius 1 is 1.24 bits per heavy atom. The number of hydrogen-bond acceptors (Lipinski definition) is 4. The van der Waals surface area contributed by atoms with E-state index in [1.165, 1.54) is 0 Å². The predicted octanol–water partition coefficient (Wildman–Crippen LogP) is 4.16. The summed E-state index contributed by atoms with van der Waals surface area (Å²) in [6.07, 6.45) is 7.71. The summed E-state index contributed by atoms with van der Waals surface area (Å²) in [6, 6.07) is 6.73. The monoisotopic (exact) mass is 393 g/mol. The Bertz CT molecular complexity index is 937. The number of pyridine rings is 1. The molecule has 0 fully saturated rings. The smallest absolute Gasteiger partial charge is 0.408 e. The molecule has 1 unspecified atom stereocenters. The van der Waals surface area contributed by atoms with Gasteiger partial charge in [0.2, 0.25) is 0 Å². The molecule has 0 radical (unpaired) electrons. The summed E-state index contributed by atoms with van der Waals surface area (Å²) in [5.74, 6) is -0.250. The van der Waals surface area contributed by atoms with Crippen LogP contribution < -0.4 is 10.6 Å². The first-order valence-electron chi connectivity index (χ1n) is 9.30. The largest absolute Gasteiger partial charge is 0.444 e. The molecule has 6 heteroatoms. The Balaban J connectivity index is 2.18. The van der Waals surface area contributed by atoms with Crippen LogP contribution in [0.25, 0.3) is 10.8 Å². The zero-order valence-electron chi connectivity index (χ0n) is 17.1. The van der Waals surface area contributed by atoms with Crippen molar-refractivity contribution in [3.63, 3.8) is 0 Å². The number of allylic oxidation sites excluding steroid dienone is 2. The van der Waals surface area contributed by atoms with Crippen LogP contribution >= 0.6 is 0 Å². The van der Waals surface area contributed by atoms with E-state index in [9.17, 15) is 9.59 Å². The lowest BCUT2D eigenvalue weighted by molar-refractivity contribution is 0.0510. The van der Waals surface area contributed by atoms with Gasteiger partial charge in [-0.05, 0) is 43.9 Å². The van der Waals surface area contributed by atoms with E-state index in [1.54, 1.807) is 63.5 Å². The Labute approximate surface area is 171 Å². The van der Waals surface area contributed by atoms with Crippen LogP contribution in [-0.4, -0.2) is 35.2 Å². The number of amides is 2. The fourth-order valence-corrected chi connectivity index (χ4v) is 2.78.